The monoisotopic (exact) mass is 198 g/mol. The van der Waals surface area contributed by atoms with Gasteiger partial charge in [0.1, 0.15) is 0 Å². The highest BCUT2D eigenvalue weighted by atomic mass is 15.2. The van der Waals surface area contributed by atoms with Crippen molar-refractivity contribution in [2.75, 3.05) is 26.2 Å². The quantitative estimate of drug-likeness (QED) is 0.731. The lowest BCUT2D eigenvalue weighted by Crippen LogP contribution is -2.36. The fourth-order valence-electron chi connectivity index (χ4n) is 1.89. The molecule has 0 aliphatic carbocycles. The molecule has 1 aliphatic heterocycles. The van der Waals surface area contributed by atoms with E-state index in [0.29, 0.717) is 11.5 Å². The van der Waals surface area contributed by atoms with Gasteiger partial charge in [-0.05, 0) is 44.8 Å². The summed E-state index contributed by atoms with van der Waals surface area (Å²) in [6, 6.07) is 0.664. The Kier molecular flexibility index (Phi) is 4.39. The minimum absolute atomic E-state index is 0.475. The summed E-state index contributed by atoms with van der Waals surface area (Å²) >= 11 is 0. The molecule has 0 spiro atoms. The Morgan fingerprint density at radius 1 is 1.36 bits per heavy atom. The van der Waals surface area contributed by atoms with E-state index in [1.165, 1.54) is 39.0 Å². The molecule has 1 aliphatic rings. The maximum Gasteiger partial charge on any atom is 0.0166 e. The lowest BCUT2D eigenvalue weighted by atomic mass is 9.92. The number of hydrogen-bond acceptors (Lipinski definition) is 2. The highest BCUT2D eigenvalue weighted by Crippen LogP contribution is 2.19. The molecule has 1 heterocycles. The lowest BCUT2D eigenvalue weighted by Gasteiger charge is -2.26. The Bertz CT molecular complexity index is 160. The Balaban J connectivity index is 2.28. The van der Waals surface area contributed by atoms with Crippen LogP contribution < -0.4 is 5.32 Å². The molecule has 0 aromatic heterocycles. The van der Waals surface area contributed by atoms with Gasteiger partial charge >= 0.3 is 0 Å². The molecule has 2 heteroatoms. The van der Waals surface area contributed by atoms with E-state index in [1.807, 2.05) is 0 Å². The molecule has 0 aromatic rings. The van der Waals surface area contributed by atoms with Gasteiger partial charge in [0.2, 0.25) is 0 Å². The van der Waals surface area contributed by atoms with Crippen molar-refractivity contribution in [3.05, 3.63) is 0 Å². The number of hydrogen-bond donors (Lipinski definition) is 1. The first-order chi connectivity index (χ1) is 6.47. The van der Waals surface area contributed by atoms with Gasteiger partial charge in [0.05, 0.1) is 0 Å². The maximum atomic E-state index is 3.53. The van der Waals surface area contributed by atoms with Crippen LogP contribution in [0.1, 0.15) is 40.5 Å². The fraction of sp³-hybridized carbons (Fsp3) is 1.00. The maximum absolute atomic E-state index is 3.53. The molecule has 1 atom stereocenters. The predicted molar refractivity (Wildman–Crippen MR) is 62.6 cm³/mol. The molecule has 0 aromatic carbocycles. The molecule has 1 unspecified atom stereocenters. The van der Waals surface area contributed by atoms with Crippen LogP contribution in [0.25, 0.3) is 0 Å². The number of nitrogens with one attached hydrogen (secondary N) is 1. The second kappa shape index (κ2) is 5.13. The van der Waals surface area contributed by atoms with Gasteiger partial charge in [-0.2, -0.15) is 0 Å². The molecule has 0 bridgehead atoms. The van der Waals surface area contributed by atoms with Crippen LogP contribution in [0.3, 0.4) is 0 Å². The first-order valence-electron chi connectivity index (χ1n) is 5.93. The molecule has 0 amide bonds. The van der Waals surface area contributed by atoms with Gasteiger partial charge in [0.15, 0.2) is 0 Å². The molecule has 0 radical (unpaired) electrons. The second-order valence-corrected chi connectivity index (χ2v) is 5.82. The van der Waals surface area contributed by atoms with Crippen LogP contribution in [0.4, 0.5) is 0 Å². The van der Waals surface area contributed by atoms with Crippen molar-refractivity contribution in [1.29, 1.82) is 0 Å². The predicted octanol–water partition coefficient (Wildman–Crippen LogP) is 2.11. The summed E-state index contributed by atoms with van der Waals surface area (Å²) < 4.78 is 0. The van der Waals surface area contributed by atoms with Crippen molar-refractivity contribution < 1.29 is 0 Å². The smallest absolute Gasteiger partial charge is 0.0166 e. The van der Waals surface area contributed by atoms with Crippen molar-refractivity contribution in [2.24, 2.45) is 5.41 Å². The minimum atomic E-state index is 0.475. The Labute approximate surface area is 89.1 Å². The molecule has 14 heavy (non-hydrogen) atoms. The molecule has 84 valence electrons. The Hall–Kier alpha value is -0.0800. The third-order valence-corrected chi connectivity index (χ3v) is 2.85. The molecular weight excluding hydrogens is 172 g/mol. The van der Waals surface area contributed by atoms with E-state index in [2.05, 4.69) is 37.9 Å². The van der Waals surface area contributed by atoms with Gasteiger partial charge in [0, 0.05) is 12.6 Å². The van der Waals surface area contributed by atoms with Crippen molar-refractivity contribution in [3.8, 4) is 0 Å². The summed E-state index contributed by atoms with van der Waals surface area (Å²) in [7, 11) is 0. The lowest BCUT2D eigenvalue weighted by molar-refractivity contribution is 0.227. The highest BCUT2D eigenvalue weighted by Gasteiger charge is 2.16. The topological polar surface area (TPSA) is 15.3 Å². The van der Waals surface area contributed by atoms with Crippen LogP contribution >= 0.6 is 0 Å². The fourth-order valence-corrected chi connectivity index (χ4v) is 1.89. The van der Waals surface area contributed by atoms with E-state index in [0.717, 1.165) is 0 Å². The van der Waals surface area contributed by atoms with Gasteiger partial charge in [-0.25, -0.2) is 0 Å². The first-order valence-corrected chi connectivity index (χ1v) is 5.93. The largest absolute Gasteiger partial charge is 0.313 e. The standard InChI is InChI=1S/C12H26N2/c1-11-10-14(8-5-7-13-11)9-6-12(2,3)4/h11,13H,5-10H2,1-4H3. The highest BCUT2D eigenvalue weighted by molar-refractivity contribution is 4.74. The Morgan fingerprint density at radius 3 is 2.71 bits per heavy atom. The van der Waals surface area contributed by atoms with Crippen molar-refractivity contribution >= 4 is 0 Å². The molecular formula is C12H26N2. The first kappa shape index (κ1) is 12.0. The van der Waals surface area contributed by atoms with Crippen LogP contribution in [-0.2, 0) is 0 Å². The summed E-state index contributed by atoms with van der Waals surface area (Å²) in [6.07, 6.45) is 2.61. The van der Waals surface area contributed by atoms with Crippen LogP contribution in [-0.4, -0.2) is 37.1 Å². The third kappa shape index (κ3) is 4.97. The Morgan fingerprint density at radius 2 is 2.07 bits per heavy atom. The summed E-state index contributed by atoms with van der Waals surface area (Å²) in [5, 5.41) is 3.53. The van der Waals surface area contributed by atoms with Crippen molar-refractivity contribution in [2.45, 2.75) is 46.6 Å². The number of nitrogens with zero attached hydrogens (tertiary/aromatic N) is 1. The molecule has 1 fully saturated rings. The minimum Gasteiger partial charge on any atom is -0.313 e. The molecule has 2 nitrogen and oxygen atoms in total. The van der Waals surface area contributed by atoms with E-state index in [4.69, 9.17) is 0 Å². The SMILES string of the molecule is CC1CN(CCC(C)(C)C)CCCN1. The molecule has 1 rings (SSSR count). The van der Waals surface area contributed by atoms with Crippen LogP contribution in [0.5, 0.6) is 0 Å². The average Bonchev–Trinajstić information content (AvgIpc) is 2.25. The molecule has 1 saturated heterocycles. The zero-order chi connectivity index (χ0) is 10.6. The van der Waals surface area contributed by atoms with E-state index in [9.17, 15) is 0 Å². The van der Waals surface area contributed by atoms with Gasteiger partial charge in [-0.3, -0.25) is 0 Å². The van der Waals surface area contributed by atoms with Gasteiger partial charge < -0.3 is 10.2 Å². The van der Waals surface area contributed by atoms with Gasteiger partial charge in [0.25, 0.3) is 0 Å². The zero-order valence-electron chi connectivity index (χ0n) is 10.3. The normalized spacial score (nSPS) is 26.1. The zero-order valence-corrected chi connectivity index (χ0v) is 10.3. The van der Waals surface area contributed by atoms with Crippen molar-refractivity contribution in [1.82, 2.24) is 10.2 Å². The van der Waals surface area contributed by atoms with E-state index in [1.54, 1.807) is 0 Å². The van der Waals surface area contributed by atoms with Crippen LogP contribution in [0.15, 0.2) is 0 Å². The van der Waals surface area contributed by atoms with E-state index < -0.39 is 0 Å². The summed E-state index contributed by atoms with van der Waals surface area (Å²) in [4.78, 5) is 2.61. The van der Waals surface area contributed by atoms with E-state index >= 15 is 0 Å². The second-order valence-electron chi connectivity index (χ2n) is 5.82. The van der Waals surface area contributed by atoms with E-state index in [-0.39, 0.29) is 0 Å². The van der Waals surface area contributed by atoms with Gasteiger partial charge in [-0.1, -0.05) is 20.8 Å². The molecule has 0 saturated carbocycles. The number of rotatable bonds is 2. The molecule has 1 N–H and O–H groups in total. The third-order valence-electron chi connectivity index (χ3n) is 2.85. The van der Waals surface area contributed by atoms with Crippen molar-refractivity contribution in [3.63, 3.8) is 0 Å². The average molecular weight is 198 g/mol. The summed E-state index contributed by atoms with van der Waals surface area (Å²) in [5.74, 6) is 0. The van der Waals surface area contributed by atoms with Crippen LogP contribution in [0.2, 0.25) is 0 Å². The summed E-state index contributed by atoms with van der Waals surface area (Å²) in [6.45, 7) is 14.2. The van der Waals surface area contributed by atoms with Gasteiger partial charge in [-0.15, -0.1) is 0 Å². The summed E-state index contributed by atoms with van der Waals surface area (Å²) in [5.41, 5.74) is 0.475. The van der Waals surface area contributed by atoms with Crippen LogP contribution in [0, 0.1) is 5.41 Å².